The average Bonchev–Trinajstić information content (AvgIpc) is 2.98. The largest absolute Gasteiger partial charge is 0.311 e. The summed E-state index contributed by atoms with van der Waals surface area (Å²) < 4.78 is 2.21. The van der Waals surface area contributed by atoms with Crippen LogP contribution in [0.5, 0.6) is 0 Å². The number of fused-ring (bicyclic) bond motifs is 1. The topological polar surface area (TPSA) is 32.6 Å². The maximum atomic E-state index is 4.59. The van der Waals surface area contributed by atoms with Gasteiger partial charge in [-0.3, -0.25) is 4.40 Å². The van der Waals surface area contributed by atoms with Gasteiger partial charge >= 0.3 is 0 Å². The van der Waals surface area contributed by atoms with Gasteiger partial charge < -0.3 is 10.2 Å². The first kappa shape index (κ1) is 14.0. The van der Waals surface area contributed by atoms with Crippen LogP contribution < -0.4 is 5.32 Å². The SMILES string of the molecule is Cc1nc2sccn2c1CNCCC1CCN(C)CC1. The third kappa shape index (κ3) is 3.05. The van der Waals surface area contributed by atoms with Crippen molar-refractivity contribution in [1.82, 2.24) is 19.6 Å². The zero-order chi connectivity index (χ0) is 13.9. The fourth-order valence-electron chi connectivity index (χ4n) is 3.02. The first-order valence-electron chi connectivity index (χ1n) is 7.54. The number of nitrogens with one attached hydrogen (secondary N) is 1. The lowest BCUT2D eigenvalue weighted by atomic mass is 9.94. The third-order valence-corrected chi connectivity index (χ3v) is 5.18. The molecule has 2 aromatic heterocycles. The Morgan fingerprint density at radius 1 is 1.40 bits per heavy atom. The quantitative estimate of drug-likeness (QED) is 0.860. The van der Waals surface area contributed by atoms with Gasteiger partial charge in [0.15, 0.2) is 4.96 Å². The smallest absolute Gasteiger partial charge is 0.194 e. The van der Waals surface area contributed by atoms with Gasteiger partial charge in [-0.05, 0) is 58.8 Å². The minimum atomic E-state index is 0.909. The highest BCUT2D eigenvalue weighted by molar-refractivity contribution is 7.15. The Hall–Kier alpha value is -0.910. The lowest BCUT2D eigenvalue weighted by Gasteiger charge is -2.28. The first-order valence-corrected chi connectivity index (χ1v) is 8.42. The molecule has 3 rings (SSSR count). The molecular formula is C15H24N4S. The highest BCUT2D eigenvalue weighted by Crippen LogP contribution is 2.19. The molecule has 0 amide bonds. The predicted octanol–water partition coefficient (Wildman–Crippen LogP) is 2.53. The molecule has 20 heavy (non-hydrogen) atoms. The molecule has 1 fully saturated rings. The Kier molecular flexibility index (Phi) is 4.38. The van der Waals surface area contributed by atoms with E-state index < -0.39 is 0 Å². The molecule has 0 aliphatic carbocycles. The van der Waals surface area contributed by atoms with E-state index in [-0.39, 0.29) is 0 Å². The highest BCUT2D eigenvalue weighted by Gasteiger charge is 2.16. The molecule has 5 heteroatoms. The summed E-state index contributed by atoms with van der Waals surface area (Å²) in [5.74, 6) is 0.909. The number of likely N-dealkylation sites (tertiary alicyclic amines) is 1. The van der Waals surface area contributed by atoms with Gasteiger partial charge in [-0.15, -0.1) is 11.3 Å². The van der Waals surface area contributed by atoms with Crippen LogP contribution in [-0.2, 0) is 6.54 Å². The van der Waals surface area contributed by atoms with Gasteiger partial charge in [0.2, 0.25) is 0 Å². The van der Waals surface area contributed by atoms with Crippen molar-refractivity contribution in [3.8, 4) is 0 Å². The van der Waals surface area contributed by atoms with Crippen molar-refractivity contribution >= 4 is 16.3 Å². The summed E-state index contributed by atoms with van der Waals surface area (Å²) in [5, 5.41) is 5.70. The van der Waals surface area contributed by atoms with Crippen molar-refractivity contribution < 1.29 is 0 Å². The van der Waals surface area contributed by atoms with Gasteiger partial charge in [-0.2, -0.15) is 0 Å². The molecular weight excluding hydrogens is 268 g/mol. The molecule has 0 saturated carbocycles. The van der Waals surface area contributed by atoms with E-state index >= 15 is 0 Å². The second kappa shape index (κ2) is 6.24. The van der Waals surface area contributed by atoms with E-state index in [4.69, 9.17) is 0 Å². The van der Waals surface area contributed by atoms with Crippen LogP contribution in [0.4, 0.5) is 0 Å². The van der Waals surface area contributed by atoms with E-state index in [9.17, 15) is 0 Å². The monoisotopic (exact) mass is 292 g/mol. The molecule has 1 saturated heterocycles. The molecule has 110 valence electrons. The second-order valence-corrected chi connectivity index (χ2v) is 6.78. The lowest BCUT2D eigenvalue weighted by Crippen LogP contribution is -2.31. The molecule has 2 aromatic rings. The van der Waals surface area contributed by atoms with E-state index in [1.807, 2.05) is 0 Å². The first-order chi connectivity index (χ1) is 9.74. The molecule has 0 bridgehead atoms. The maximum Gasteiger partial charge on any atom is 0.194 e. The van der Waals surface area contributed by atoms with Gasteiger partial charge in [-0.25, -0.2) is 4.98 Å². The Balaban J connectivity index is 1.46. The maximum absolute atomic E-state index is 4.59. The van der Waals surface area contributed by atoms with E-state index in [1.165, 1.54) is 38.0 Å². The standard InChI is InChI=1S/C15H24N4S/c1-12-14(19-9-10-20-15(19)17-12)11-16-6-3-13-4-7-18(2)8-5-13/h9-10,13,16H,3-8,11H2,1-2H3. The van der Waals surface area contributed by atoms with Gasteiger partial charge in [0.1, 0.15) is 0 Å². The Morgan fingerprint density at radius 2 is 2.20 bits per heavy atom. The average molecular weight is 292 g/mol. The number of aromatic nitrogens is 2. The third-order valence-electron chi connectivity index (χ3n) is 4.42. The van der Waals surface area contributed by atoms with Crippen LogP contribution in [0, 0.1) is 12.8 Å². The summed E-state index contributed by atoms with van der Waals surface area (Å²) in [4.78, 5) is 8.13. The van der Waals surface area contributed by atoms with E-state index in [0.717, 1.165) is 29.7 Å². The normalized spacial score (nSPS) is 18.1. The number of hydrogen-bond donors (Lipinski definition) is 1. The molecule has 0 unspecified atom stereocenters. The van der Waals surface area contributed by atoms with Crippen LogP contribution in [-0.4, -0.2) is 41.0 Å². The van der Waals surface area contributed by atoms with Crippen LogP contribution in [0.2, 0.25) is 0 Å². The zero-order valence-corrected chi connectivity index (χ0v) is 13.2. The summed E-state index contributed by atoms with van der Waals surface area (Å²) in [6.45, 7) is 6.68. The summed E-state index contributed by atoms with van der Waals surface area (Å²) in [6, 6.07) is 0. The lowest BCUT2D eigenvalue weighted by molar-refractivity contribution is 0.211. The van der Waals surface area contributed by atoms with E-state index in [0.29, 0.717) is 0 Å². The van der Waals surface area contributed by atoms with Crippen molar-refractivity contribution in [3.63, 3.8) is 0 Å². The molecule has 0 spiro atoms. The molecule has 0 atom stereocenters. The Bertz CT molecular complexity index is 551. The van der Waals surface area contributed by atoms with Crippen molar-refractivity contribution in [2.75, 3.05) is 26.7 Å². The van der Waals surface area contributed by atoms with Crippen LogP contribution >= 0.6 is 11.3 Å². The van der Waals surface area contributed by atoms with Crippen LogP contribution in [0.25, 0.3) is 4.96 Å². The van der Waals surface area contributed by atoms with Crippen LogP contribution in [0.1, 0.15) is 30.7 Å². The molecule has 1 N–H and O–H groups in total. The molecule has 0 radical (unpaired) electrons. The Labute approximate surface area is 124 Å². The molecule has 4 nitrogen and oxygen atoms in total. The van der Waals surface area contributed by atoms with Crippen molar-refractivity contribution in [1.29, 1.82) is 0 Å². The Morgan fingerprint density at radius 3 is 3.00 bits per heavy atom. The number of imidazole rings is 1. The summed E-state index contributed by atoms with van der Waals surface area (Å²) >= 11 is 1.70. The van der Waals surface area contributed by atoms with Gasteiger partial charge in [-0.1, -0.05) is 0 Å². The number of hydrogen-bond acceptors (Lipinski definition) is 4. The van der Waals surface area contributed by atoms with Gasteiger partial charge in [0.25, 0.3) is 0 Å². The van der Waals surface area contributed by atoms with E-state index in [1.54, 1.807) is 11.3 Å². The summed E-state index contributed by atoms with van der Waals surface area (Å²) in [6.07, 6.45) is 6.14. The molecule has 3 heterocycles. The minimum absolute atomic E-state index is 0.909. The molecule has 1 aliphatic heterocycles. The fraction of sp³-hybridized carbons (Fsp3) is 0.667. The van der Waals surface area contributed by atoms with Crippen LogP contribution in [0.3, 0.4) is 0 Å². The molecule has 1 aliphatic rings. The molecule has 0 aromatic carbocycles. The fourth-order valence-corrected chi connectivity index (χ4v) is 3.80. The number of piperidine rings is 1. The predicted molar refractivity (Wildman–Crippen MR) is 84.4 cm³/mol. The summed E-state index contributed by atoms with van der Waals surface area (Å²) in [7, 11) is 2.23. The number of thiazole rings is 1. The van der Waals surface area contributed by atoms with Gasteiger partial charge in [0, 0.05) is 18.1 Å². The second-order valence-electron chi connectivity index (χ2n) is 5.91. The highest BCUT2D eigenvalue weighted by atomic mass is 32.1. The van der Waals surface area contributed by atoms with Crippen molar-refractivity contribution in [2.24, 2.45) is 5.92 Å². The van der Waals surface area contributed by atoms with E-state index in [2.05, 4.69) is 45.1 Å². The van der Waals surface area contributed by atoms with Crippen molar-refractivity contribution in [2.45, 2.75) is 32.7 Å². The van der Waals surface area contributed by atoms with Crippen molar-refractivity contribution in [3.05, 3.63) is 23.0 Å². The zero-order valence-electron chi connectivity index (χ0n) is 12.4. The summed E-state index contributed by atoms with van der Waals surface area (Å²) in [5.41, 5.74) is 2.47. The number of rotatable bonds is 5. The minimum Gasteiger partial charge on any atom is -0.311 e. The number of aryl methyl sites for hydroxylation is 1. The number of nitrogens with zero attached hydrogens (tertiary/aromatic N) is 3. The van der Waals surface area contributed by atoms with Crippen LogP contribution in [0.15, 0.2) is 11.6 Å². The van der Waals surface area contributed by atoms with Gasteiger partial charge in [0.05, 0.1) is 11.4 Å².